The van der Waals surface area contributed by atoms with E-state index < -0.39 is 0 Å². The molecule has 0 bridgehead atoms. The first-order valence-corrected chi connectivity index (χ1v) is 5.24. The van der Waals surface area contributed by atoms with Gasteiger partial charge >= 0.3 is 0 Å². The Bertz CT molecular complexity index is 148. The Hall–Kier alpha value is -0.120. The largest absolute Gasteiger partial charge is 0.329 e. The molecule has 0 aromatic rings. The van der Waals surface area contributed by atoms with Crippen molar-refractivity contribution in [3.05, 3.63) is 0 Å². The third-order valence-corrected chi connectivity index (χ3v) is 2.93. The van der Waals surface area contributed by atoms with Gasteiger partial charge in [-0.3, -0.25) is 0 Å². The molecule has 0 amide bonds. The highest BCUT2D eigenvalue weighted by atomic mass is 15.1. The zero-order chi connectivity index (χ0) is 9.90. The van der Waals surface area contributed by atoms with Gasteiger partial charge in [0.15, 0.2) is 0 Å². The number of hydrogen-bond acceptors (Lipinski definition) is 3. The third-order valence-electron chi connectivity index (χ3n) is 2.93. The minimum atomic E-state index is 0.209. The standard InChI is InChI=1S/C10H23N3/c1-9(2)12-10(8-11)4-6-13(3)7-5-10/h9,12H,4-8,11H2,1-3H3. The topological polar surface area (TPSA) is 41.3 Å². The second-order valence-corrected chi connectivity index (χ2v) is 4.59. The number of rotatable bonds is 3. The quantitative estimate of drug-likeness (QED) is 0.669. The Kier molecular flexibility index (Phi) is 3.71. The van der Waals surface area contributed by atoms with Crippen LogP contribution in [-0.4, -0.2) is 43.2 Å². The first-order chi connectivity index (χ1) is 6.08. The van der Waals surface area contributed by atoms with Gasteiger partial charge in [0.1, 0.15) is 0 Å². The van der Waals surface area contributed by atoms with Gasteiger partial charge in [0, 0.05) is 18.1 Å². The van der Waals surface area contributed by atoms with E-state index in [4.69, 9.17) is 5.73 Å². The van der Waals surface area contributed by atoms with E-state index in [1.54, 1.807) is 0 Å². The zero-order valence-electron chi connectivity index (χ0n) is 9.14. The Balaban J connectivity index is 2.50. The summed E-state index contributed by atoms with van der Waals surface area (Å²) in [6.07, 6.45) is 2.36. The average molecular weight is 185 g/mol. The van der Waals surface area contributed by atoms with Crippen molar-refractivity contribution in [3.8, 4) is 0 Å². The number of piperidine rings is 1. The summed E-state index contributed by atoms with van der Waals surface area (Å²) >= 11 is 0. The minimum absolute atomic E-state index is 0.209. The summed E-state index contributed by atoms with van der Waals surface area (Å²) in [6, 6.07) is 0.534. The minimum Gasteiger partial charge on any atom is -0.329 e. The number of nitrogens with zero attached hydrogens (tertiary/aromatic N) is 1. The first-order valence-electron chi connectivity index (χ1n) is 5.24. The third kappa shape index (κ3) is 2.93. The average Bonchev–Trinajstić information content (AvgIpc) is 2.09. The number of hydrogen-bond donors (Lipinski definition) is 2. The van der Waals surface area contributed by atoms with Crippen molar-refractivity contribution < 1.29 is 0 Å². The van der Waals surface area contributed by atoms with E-state index in [0.29, 0.717) is 6.04 Å². The van der Waals surface area contributed by atoms with Crippen molar-refractivity contribution >= 4 is 0 Å². The van der Waals surface area contributed by atoms with Crippen molar-refractivity contribution in [1.82, 2.24) is 10.2 Å². The molecule has 0 aliphatic carbocycles. The molecule has 0 unspecified atom stereocenters. The maximum absolute atomic E-state index is 5.85. The molecule has 13 heavy (non-hydrogen) atoms. The molecule has 0 aromatic heterocycles. The molecule has 3 N–H and O–H groups in total. The van der Waals surface area contributed by atoms with Gasteiger partial charge in [-0.2, -0.15) is 0 Å². The molecule has 3 nitrogen and oxygen atoms in total. The van der Waals surface area contributed by atoms with Crippen LogP contribution in [0.4, 0.5) is 0 Å². The van der Waals surface area contributed by atoms with Crippen molar-refractivity contribution in [1.29, 1.82) is 0 Å². The summed E-state index contributed by atoms with van der Waals surface area (Å²) in [4.78, 5) is 2.37. The molecule has 1 fully saturated rings. The fourth-order valence-corrected chi connectivity index (χ4v) is 2.07. The molecule has 0 aromatic carbocycles. The van der Waals surface area contributed by atoms with E-state index in [-0.39, 0.29) is 5.54 Å². The predicted molar refractivity (Wildman–Crippen MR) is 56.8 cm³/mol. The van der Waals surface area contributed by atoms with Crippen LogP contribution in [0.1, 0.15) is 26.7 Å². The molecule has 0 saturated carbocycles. The van der Waals surface area contributed by atoms with Crippen LogP contribution in [0.5, 0.6) is 0 Å². The Morgan fingerprint density at radius 3 is 2.31 bits per heavy atom. The maximum Gasteiger partial charge on any atom is 0.0330 e. The number of nitrogens with two attached hydrogens (primary N) is 1. The SMILES string of the molecule is CC(C)NC1(CN)CCN(C)CC1. The summed E-state index contributed by atoms with van der Waals surface area (Å²) in [7, 11) is 2.18. The van der Waals surface area contributed by atoms with Gasteiger partial charge in [-0.1, -0.05) is 13.8 Å². The Morgan fingerprint density at radius 2 is 1.92 bits per heavy atom. The van der Waals surface area contributed by atoms with E-state index in [9.17, 15) is 0 Å². The van der Waals surface area contributed by atoms with E-state index in [1.807, 2.05) is 0 Å². The maximum atomic E-state index is 5.85. The lowest BCUT2D eigenvalue weighted by Crippen LogP contribution is -2.58. The fraction of sp³-hybridized carbons (Fsp3) is 1.00. The second-order valence-electron chi connectivity index (χ2n) is 4.59. The van der Waals surface area contributed by atoms with Crippen LogP contribution < -0.4 is 11.1 Å². The van der Waals surface area contributed by atoms with Crippen molar-refractivity contribution in [2.75, 3.05) is 26.7 Å². The van der Waals surface area contributed by atoms with Gasteiger partial charge in [-0.15, -0.1) is 0 Å². The van der Waals surface area contributed by atoms with Crippen LogP contribution in [0.2, 0.25) is 0 Å². The van der Waals surface area contributed by atoms with Crippen LogP contribution in [0.25, 0.3) is 0 Å². The van der Waals surface area contributed by atoms with Crippen LogP contribution in [0.15, 0.2) is 0 Å². The molecule has 1 aliphatic rings. The van der Waals surface area contributed by atoms with Crippen LogP contribution >= 0.6 is 0 Å². The van der Waals surface area contributed by atoms with Crippen LogP contribution in [-0.2, 0) is 0 Å². The smallest absolute Gasteiger partial charge is 0.0330 e. The van der Waals surface area contributed by atoms with Crippen molar-refractivity contribution in [3.63, 3.8) is 0 Å². The van der Waals surface area contributed by atoms with E-state index in [0.717, 1.165) is 19.6 Å². The molecule has 1 rings (SSSR count). The highest BCUT2D eigenvalue weighted by molar-refractivity contribution is 4.94. The molecule has 1 aliphatic heterocycles. The highest BCUT2D eigenvalue weighted by Crippen LogP contribution is 2.20. The van der Waals surface area contributed by atoms with Gasteiger partial charge in [0.05, 0.1) is 0 Å². The molecule has 0 radical (unpaired) electrons. The van der Waals surface area contributed by atoms with E-state index in [1.165, 1.54) is 12.8 Å². The van der Waals surface area contributed by atoms with Crippen LogP contribution in [0, 0.1) is 0 Å². The molecule has 1 saturated heterocycles. The normalized spacial score (nSPS) is 23.8. The molecule has 1 heterocycles. The summed E-state index contributed by atoms with van der Waals surface area (Å²) < 4.78 is 0. The molecule has 3 heteroatoms. The zero-order valence-corrected chi connectivity index (χ0v) is 9.14. The lowest BCUT2D eigenvalue weighted by atomic mass is 9.87. The van der Waals surface area contributed by atoms with Gasteiger partial charge in [0.2, 0.25) is 0 Å². The monoisotopic (exact) mass is 185 g/mol. The molecule has 0 spiro atoms. The fourth-order valence-electron chi connectivity index (χ4n) is 2.07. The summed E-state index contributed by atoms with van der Waals surface area (Å²) in [5.74, 6) is 0. The van der Waals surface area contributed by atoms with E-state index >= 15 is 0 Å². The van der Waals surface area contributed by atoms with Crippen molar-refractivity contribution in [2.45, 2.75) is 38.3 Å². The molecule has 78 valence electrons. The van der Waals surface area contributed by atoms with Gasteiger partial charge in [-0.25, -0.2) is 0 Å². The lowest BCUT2D eigenvalue weighted by molar-refractivity contribution is 0.153. The van der Waals surface area contributed by atoms with Crippen LogP contribution in [0.3, 0.4) is 0 Å². The van der Waals surface area contributed by atoms with Gasteiger partial charge in [0.25, 0.3) is 0 Å². The number of nitrogens with one attached hydrogen (secondary N) is 1. The summed E-state index contributed by atoms with van der Waals surface area (Å²) in [6.45, 7) is 7.47. The second kappa shape index (κ2) is 4.40. The van der Waals surface area contributed by atoms with Gasteiger partial charge < -0.3 is 16.0 Å². The first kappa shape index (κ1) is 11.0. The van der Waals surface area contributed by atoms with E-state index in [2.05, 4.69) is 31.1 Å². The highest BCUT2D eigenvalue weighted by Gasteiger charge is 2.32. The molecular formula is C10H23N3. The predicted octanol–water partition coefficient (Wildman–Crippen LogP) is 0.408. The van der Waals surface area contributed by atoms with Crippen molar-refractivity contribution in [2.24, 2.45) is 5.73 Å². The summed E-state index contributed by atoms with van der Waals surface area (Å²) in [5.41, 5.74) is 6.06. The molecular weight excluding hydrogens is 162 g/mol. The summed E-state index contributed by atoms with van der Waals surface area (Å²) in [5, 5.41) is 3.61. The lowest BCUT2D eigenvalue weighted by Gasteiger charge is -2.42. The Morgan fingerprint density at radius 1 is 1.38 bits per heavy atom. The molecule has 0 atom stereocenters. The van der Waals surface area contributed by atoms with Gasteiger partial charge in [-0.05, 0) is 33.0 Å². The Labute approximate surface area is 81.7 Å². The number of likely N-dealkylation sites (tertiary alicyclic amines) is 1.